The van der Waals surface area contributed by atoms with E-state index in [4.69, 9.17) is 4.74 Å². The molecule has 0 bridgehead atoms. The zero-order chi connectivity index (χ0) is 16.7. The van der Waals surface area contributed by atoms with E-state index in [1.807, 2.05) is 25.1 Å². The predicted molar refractivity (Wildman–Crippen MR) is 90.6 cm³/mol. The van der Waals surface area contributed by atoms with Gasteiger partial charge in [-0.1, -0.05) is 18.2 Å². The van der Waals surface area contributed by atoms with Crippen molar-refractivity contribution in [2.45, 2.75) is 13.0 Å². The summed E-state index contributed by atoms with van der Waals surface area (Å²) < 4.78 is 5.69. The van der Waals surface area contributed by atoms with Crippen LogP contribution in [-0.4, -0.2) is 28.5 Å². The Morgan fingerprint density at radius 1 is 1.29 bits per heavy atom. The Morgan fingerprint density at radius 2 is 2.12 bits per heavy atom. The monoisotopic (exact) mass is 321 g/mol. The van der Waals surface area contributed by atoms with Gasteiger partial charge in [0, 0.05) is 23.2 Å². The van der Waals surface area contributed by atoms with E-state index < -0.39 is 0 Å². The van der Waals surface area contributed by atoms with Crippen LogP contribution in [-0.2, 0) is 0 Å². The lowest BCUT2D eigenvalue weighted by Gasteiger charge is -2.32. The van der Waals surface area contributed by atoms with E-state index in [1.54, 1.807) is 29.3 Å². The summed E-state index contributed by atoms with van der Waals surface area (Å²) in [6.07, 6.45) is 1.45. The van der Waals surface area contributed by atoms with Crippen molar-refractivity contribution in [1.29, 1.82) is 0 Å². The van der Waals surface area contributed by atoms with Crippen molar-refractivity contribution in [3.63, 3.8) is 0 Å². The van der Waals surface area contributed by atoms with Crippen molar-refractivity contribution in [2.24, 2.45) is 0 Å². The molecular weight excluding hydrogens is 306 g/mol. The van der Waals surface area contributed by atoms with Crippen LogP contribution >= 0.6 is 0 Å². The topological polar surface area (TPSA) is 75.3 Å². The van der Waals surface area contributed by atoms with Crippen LogP contribution in [0.1, 0.15) is 17.3 Å². The van der Waals surface area contributed by atoms with Crippen LogP contribution in [0.4, 0.5) is 5.69 Å². The zero-order valence-electron chi connectivity index (χ0n) is 13.0. The summed E-state index contributed by atoms with van der Waals surface area (Å²) >= 11 is 0. The number of nitrogens with zero attached hydrogens (tertiary/aromatic N) is 2. The maximum absolute atomic E-state index is 13.2. The van der Waals surface area contributed by atoms with Crippen molar-refractivity contribution in [1.82, 2.24) is 9.97 Å². The van der Waals surface area contributed by atoms with Crippen molar-refractivity contribution in [2.75, 3.05) is 11.4 Å². The van der Waals surface area contributed by atoms with Gasteiger partial charge < -0.3 is 9.72 Å². The predicted octanol–water partition coefficient (Wildman–Crippen LogP) is 2.35. The number of para-hydroxylation sites is 1. The summed E-state index contributed by atoms with van der Waals surface area (Å²) in [6, 6.07) is 12.2. The second kappa shape index (κ2) is 5.49. The first-order valence-electron chi connectivity index (χ1n) is 7.69. The molecule has 3 heterocycles. The fourth-order valence-electron chi connectivity index (χ4n) is 2.98. The van der Waals surface area contributed by atoms with Gasteiger partial charge in [0.25, 0.3) is 5.91 Å². The summed E-state index contributed by atoms with van der Waals surface area (Å²) in [5.41, 5.74) is 1.33. The number of H-pyrrole nitrogens is 1. The molecule has 24 heavy (non-hydrogen) atoms. The highest BCUT2D eigenvalue weighted by Gasteiger charge is 2.30. The number of ether oxygens (including phenoxy) is 1. The Kier molecular flexibility index (Phi) is 3.30. The molecule has 1 aliphatic rings. The average molecular weight is 321 g/mol. The van der Waals surface area contributed by atoms with Crippen LogP contribution in [0.2, 0.25) is 0 Å². The zero-order valence-corrected chi connectivity index (χ0v) is 13.0. The largest absolute Gasteiger partial charge is 0.471 e. The third kappa shape index (κ3) is 2.32. The van der Waals surface area contributed by atoms with Crippen LogP contribution < -0.4 is 15.2 Å². The van der Waals surface area contributed by atoms with Crippen LogP contribution in [0.15, 0.2) is 53.5 Å². The number of fused-ring (bicyclic) bond motifs is 2. The number of aromatic nitrogens is 2. The summed E-state index contributed by atoms with van der Waals surface area (Å²) in [4.78, 5) is 33.7. The highest BCUT2D eigenvalue weighted by atomic mass is 16.5. The van der Waals surface area contributed by atoms with Crippen LogP contribution in [0, 0.1) is 0 Å². The molecule has 6 heteroatoms. The smallest absolute Gasteiger partial charge is 0.259 e. The fourth-order valence-corrected chi connectivity index (χ4v) is 2.98. The van der Waals surface area contributed by atoms with E-state index in [9.17, 15) is 9.59 Å². The number of rotatable bonds is 1. The number of carbonyl (C=O) groups excluding carboxylic acids is 1. The first kappa shape index (κ1) is 14.4. The van der Waals surface area contributed by atoms with E-state index in [2.05, 4.69) is 9.97 Å². The third-order valence-electron chi connectivity index (χ3n) is 4.02. The van der Waals surface area contributed by atoms with E-state index in [0.717, 1.165) is 0 Å². The van der Waals surface area contributed by atoms with Gasteiger partial charge in [-0.25, -0.2) is 4.98 Å². The second-order valence-corrected chi connectivity index (χ2v) is 5.76. The van der Waals surface area contributed by atoms with Crippen LogP contribution in [0.25, 0.3) is 10.9 Å². The maximum Gasteiger partial charge on any atom is 0.259 e. The number of pyridine rings is 2. The molecule has 1 N–H and O–H groups in total. The third-order valence-corrected chi connectivity index (χ3v) is 4.02. The van der Waals surface area contributed by atoms with Crippen molar-refractivity contribution in [3.8, 4) is 5.88 Å². The molecule has 0 saturated heterocycles. The summed E-state index contributed by atoms with van der Waals surface area (Å²) in [6.45, 7) is 2.28. The molecule has 0 saturated carbocycles. The molecule has 1 aliphatic heterocycles. The first-order valence-corrected chi connectivity index (χ1v) is 7.69. The number of hydrogen-bond acceptors (Lipinski definition) is 4. The van der Waals surface area contributed by atoms with Crippen LogP contribution in [0.5, 0.6) is 5.88 Å². The molecule has 1 amide bonds. The van der Waals surface area contributed by atoms with E-state index in [1.165, 1.54) is 6.07 Å². The molecule has 2 aromatic heterocycles. The van der Waals surface area contributed by atoms with Gasteiger partial charge >= 0.3 is 0 Å². The fraction of sp³-hybridized carbons (Fsp3) is 0.167. The number of benzene rings is 1. The van der Waals surface area contributed by atoms with Gasteiger partial charge in [-0.05, 0) is 25.1 Å². The summed E-state index contributed by atoms with van der Waals surface area (Å²) in [5, 5.41) is 0.715. The molecule has 3 aromatic rings. The summed E-state index contributed by atoms with van der Waals surface area (Å²) in [7, 11) is 0. The minimum atomic E-state index is -0.301. The van der Waals surface area contributed by atoms with Gasteiger partial charge in [0.05, 0.1) is 12.1 Å². The minimum absolute atomic E-state index is 0.176. The normalized spacial score (nSPS) is 16.5. The summed E-state index contributed by atoms with van der Waals surface area (Å²) in [5.74, 6) is 0.195. The standard InChI is InChI=1S/C18H15N3O3/c1-11-10-21(15-7-4-8-19-17(15)24-11)18(23)13-9-16(22)20-14-6-3-2-5-12(13)14/h2-9,11H,10H2,1H3,(H,20,22). The maximum atomic E-state index is 13.2. The van der Waals surface area contributed by atoms with E-state index >= 15 is 0 Å². The molecule has 4 rings (SSSR count). The highest BCUT2D eigenvalue weighted by molar-refractivity contribution is 6.14. The van der Waals surface area contributed by atoms with Gasteiger partial charge in [0.1, 0.15) is 11.8 Å². The second-order valence-electron chi connectivity index (χ2n) is 5.76. The van der Waals surface area contributed by atoms with Crippen LogP contribution in [0.3, 0.4) is 0 Å². The molecule has 1 unspecified atom stereocenters. The number of anilines is 1. The molecular formula is C18H15N3O3. The molecule has 0 radical (unpaired) electrons. The lowest BCUT2D eigenvalue weighted by atomic mass is 10.1. The lowest BCUT2D eigenvalue weighted by Crippen LogP contribution is -2.43. The van der Waals surface area contributed by atoms with Gasteiger partial charge in [-0.3, -0.25) is 14.5 Å². The number of hydrogen-bond donors (Lipinski definition) is 1. The number of aromatic amines is 1. The van der Waals surface area contributed by atoms with Gasteiger partial charge in [-0.2, -0.15) is 0 Å². The van der Waals surface area contributed by atoms with Gasteiger partial charge in [0.15, 0.2) is 0 Å². The van der Waals surface area contributed by atoms with Crippen molar-refractivity contribution in [3.05, 3.63) is 64.6 Å². The quantitative estimate of drug-likeness (QED) is 0.746. The lowest BCUT2D eigenvalue weighted by molar-refractivity contribution is 0.0960. The molecule has 1 atom stereocenters. The molecule has 0 aliphatic carbocycles. The van der Waals surface area contributed by atoms with Gasteiger partial charge in [-0.15, -0.1) is 0 Å². The Labute approximate surface area is 137 Å². The van der Waals surface area contributed by atoms with Gasteiger partial charge in [0.2, 0.25) is 11.4 Å². The van der Waals surface area contributed by atoms with E-state index in [-0.39, 0.29) is 17.6 Å². The minimum Gasteiger partial charge on any atom is -0.471 e. The average Bonchev–Trinajstić information content (AvgIpc) is 2.59. The molecule has 0 fully saturated rings. The highest BCUT2D eigenvalue weighted by Crippen LogP contribution is 2.32. The number of amides is 1. The number of nitrogens with one attached hydrogen (secondary N) is 1. The van der Waals surface area contributed by atoms with Crippen molar-refractivity contribution >= 4 is 22.5 Å². The molecule has 1 aromatic carbocycles. The Balaban J connectivity index is 1.87. The van der Waals surface area contributed by atoms with Crippen molar-refractivity contribution < 1.29 is 9.53 Å². The Bertz CT molecular complexity index is 996. The Hall–Kier alpha value is -3.15. The SMILES string of the molecule is CC1CN(C(=O)c2cc(=O)[nH]c3ccccc23)c2cccnc2O1. The number of carbonyl (C=O) groups is 1. The Morgan fingerprint density at radius 3 is 3.00 bits per heavy atom. The first-order chi connectivity index (χ1) is 11.6. The molecule has 120 valence electrons. The molecule has 6 nitrogen and oxygen atoms in total. The molecule has 0 spiro atoms. The van der Waals surface area contributed by atoms with E-state index in [0.29, 0.717) is 34.6 Å².